The molecule has 1 aliphatic heterocycles. The highest BCUT2D eigenvalue weighted by molar-refractivity contribution is 5.97. The molecular weight excluding hydrogens is 300 g/mol. The Labute approximate surface area is 134 Å². The van der Waals surface area contributed by atoms with E-state index in [-0.39, 0.29) is 24.2 Å². The van der Waals surface area contributed by atoms with Crippen LogP contribution < -0.4 is 5.32 Å². The Bertz CT molecular complexity index is 585. The summed E-state index contributed by atoms with van der Waals surface area (Å²) in [4.78, 5) is 37.1. The number of methoxy groups -OCH3 is 2. The summed E-state index contributed by atoms with van der Waals surface area (Å²) in [6.07, 6.45) is 0.204. The van der Waals surface area contributed by atoms with Crippen molar-refractivity contribution in [1.29, 1.82) is 0 Å². The van der Waals surface area contributed by atoms with Gasteiger partial charge >= 0.3 is 5.97 Å². The molecule has 2 rings (SSSR count). The number of likely N-dealkylation sites (tertiary alicyclic amines) is 1. The fraction of sp³-hybridized carbons (Fsp3) is 0.438. The Hall–Kier alpha value is -2.41. The smallest absolute Gasteiger partial charge is 0.337 e. The van der Waals surface area contributed by atoms with E-state index in [0.29, 0.717) is 30.9 Å². The number of carbonyl (C=O) groups excluding carboxylic acids is 3. The quantitative estimate of drug-likeness (QED) is 0.788. The van der Waals surface area contributed by atoms with Gasteiger partial charge in [0.15, 0.2) is 0 Å². The normalized spacial score (nSPS) is 17.2. The predicted molar refractivity (Wildman–Crippen MR) is 83.0 cm³/mol. The Morgan fingerprint density at radius 3 is 2.57 bits per heavy atom. The van der Waals surface area contributed by atoms with Gasteiger partial charge in [-0.15, -0.1) is 0 Å². The standard InChI is InChI=1S/C16H20N2O5/c1-22-8-7-18-10-12(9-14(18)19)15(20)17-13-5-3-11(4-6-13)16(21)23-2/h3-6,12H,7-10H2,1-2H3,(H,17,20). The monoisotopic (exact) mass is 320 g/mol. The number of anilines is 1. The lowest BCUT2D eigenvalue weighted by Crippen LogP contribution is -2.30. The van der Waals surface area contributed by atoms with E-state index in [0.717, 1.165) is 0 Å². The second kappa shape index (κ2) is 7.73. The largest absolute Gasteiger partial charge is 0.465 e. The zero-order chi connectivity index (χ0) is 16.8. The van der Waals surface area contributed by atoms with Crippen molar-refractivity contribution in [2.45, 2.75) is 6.42 Å². The lowest BCUT2D eigenvalue weighted by atomic mass is 10.1. The fourth-order valence-corrected chi connectivity index (χ4v) is 2.42. The number of nitrogens with one attached hydrogen (secondary N) is 1. The lowest BCUT2D eigenvalue weighted by Gasteiger charge is -2.15. The summed E-state index contributed by atoms with van der Waals surface area (Å²) in [7, 11) is 2.88. The van der Waals surface area contributed by atoms with Gasteiger partial charge in [0.1, 0.15) is 0 Å². The van der Waals surface area contributed by atoms with Crippen molar-refractivity contribution in [1.82, 2.24) is 4.90 Å². The zero-order valence-electron chi connectivity index (χ0n) is 13.2. The van der Waals surface area contributed by atoms with E-state index in [1.165, 1.54) is 7.11 Å². The highest BCUT2D eigenvalue weighted by atomic mass is 16.5. The molecule has 1 unspecified atom stereocenters. The number of rotatable bonds is 6. The molecule has 0 spiro atoms. The van der Waals surface area contributed by atoms with Crippen LogP contribution in [-0.2, 0) is 19.1 Å². The second-order valence-corrected chi connectivity index (χ2v) is 5.29. The molecule has 1 fully saturated rings. The van der Waals surface area contributed by atoms with Gasteiger partial charge in [0.25, 0.3) is 0 Å². The van der Waals surface area contributed by atoms with Crippen LogP contribution in [0.3, 0.4) is 0 Å². The Morgan fingerprint density at radius 1 is 1.26 bits per heavy atom. The summed E-state index contributed by atoms with van der Waals surface area (Å²) in [5, 5.41) is 2.76. The molecule has 0 radical (unpaired) electrons. The van der Waals surface area contributed by atoms with Gasteiger partial charge < -0.3 is 19.7 Å². The molecule has 0 saturated carbocycles. The number of hydrogen-bond donors (Lipinski definition) is 1. The number of nitrogens with zero attached hydrogens (tertiary/aromatic N) is 1. The second-order valence-electron chi connectivity index (χ2n) is 5.29. The first-order valence-electron chi connectivity index (χ1n) is 7.31. The minimum absolute atomic E-state index is 0.0387. The maximum Gasteiger partial charge on any atom is 0.337 e. The van der Waals surface area contributed by atoms with Gasteiger partial charge in [-0.05, 0) is 24.3 Å². The van der Waals surface area contributed by atoms with E-state index in [1.54, 1.807) is 36.3 Å². The third kappa shape index (κ3) is 4.29. The molecule has 1 saturated heterocycles. The van der Waals surface area contributed by atoms with E-state index < -0.39 is 5.97 Å². The van der Waals surface area contributed by atoms with Crippen molar-refractivity contribution in [3.63, 3.8) is 0 Å². The molecule has 124 valence electrons. The molecule has 0 aromatic heterocycles. The average Bonchev–Trinajstić information content (AvgIpc) is 2.94. The van der Waals surface area contributed by atoms with Crippen LogP contribution in [0.25, 0.3) is 0 Å². The van der Waals surface area contributed by atoms with Crippen molar-refractivity contribution >= 4 is 23.5 Å². The number of esters is 1. The molecule has 1 aliphatic rings. The summed E-state index contributed by atoms with van der Waals surface area (Å²) < 4.78 is 9.57. The maximum atomic E-state index is 12.2. The third-order valence-electron chi connectivity index (χ3n) is 3.72. The SMILES string of the molecule is COCCN1CC(C(=O)Nc2ccc(C(=O)OC)cc2)CC1=O. The van der Waals surface area contributed by atoms with Crippen LogP contribution in [0.15, 0.2) is 24.3 Å². The molecule has 1 heterocycles. The molecule has 1 aromatic carbocycles. The number of benzene rings is 1. The Morgan fingerprint density at radius 2 is 1.96 bits per heavy atom. The van der Waals surface area contributed by atoms with Crippen LogP contribution in [0.5, 0.6) is 0 Å². The van der Waals surface area contributed by atoms with Crippen molar-refractivity contribution in [3.8, 4) is 0 Å². The van der Waals surface area contributed by atoms with Gasteiger partial charge in [-0.25, -0.2) is 4.79 Å². The zero-order valence-corrected chi connectivity index (χ0v) is 13.2. The van der Waals surface area contributed by atoms with Crippen molar-refractivity contribution < 1.29 is 23.9 Å². The van der Waals surface area contributed by atoms with Crippen LogP contribution in [0.4, 0.5) is 5.69 Å². The molecule has 2 amide bonds. The van der Waals surface area contributed by atoms with Gasteiger partial charge in [-0.3, -0.25) is 9.59 Å². The van der Waals surface area contributed by atoms with Gasteiger partial charge in [0.05, 0.1) is 25.2 Å². The van der Waals surface area contributed by atoms with E-state index >= 15 is 0 Å². The molecule has 1 atom stereocenters. The minimum Gasteiger partial charge on any atom is -0.465 e. The molecular formula is C16H20N2O5. The van der Waals surface area contributed by atoms with Crippen molar-refractivity contribution in [2.24, 2.45) is 5.92 Å². The number of ether oxygens (including phenoxy) is 2. The highest BCUT2D eigenvalue weighted by Crippen LogP contribution is 2.20. The van der Waals surface area contributed by atoms with E-state index in [9.17, 15) is 14.4 Å². The van der Waals surface area contributed by atoms with Crippen LogP contribution in [-0.4, -0.2) is 56.6 Å². The molecule has 23 heavy (non-hydrogen) atoms. The van der Waals surface area contributed by atoms with Gasteiger partial charge in [-0.2, -0.15) is 0 Å². The number of amides is 2. The van der Waals surface area contributed by atoms with Crippen molar-refractivity contribution in [2.75, 3.05) is 39.2 Å². The molecule has 1 N–H and O–H groups in total. The molecule has 1 aromatic rings. The topological polar surface area (TPSA) is 84.9 Å². The Balaban J connectivity index is 1.92. The number of carbonyl (C=O) groups is 3. The summed E-state index contributed by atoms with van der Waals surface area (Å²) >= 11 is 0. The van der Waals surface area contributed by atoms with Gasteiger partial charge in [0.2, 0.25) is 11.8 Å². The van der Waals surface area contributed by atoms with Crippen LogP contribution in [0.1, 0.15) is 16.8 Å². The van der Waals surface area contributed by atoms with Crippen LogP contribution in [0, 0.1) is 5.92 Å². The summed E-state index contributed by atoms with van der Waals surface area (Å²) in [5.74, 6) is -1.05. The molecule has 0 bridgehead atoms. The maximum absolute atomic E-state index is 12.2. The lowest BCUT2D eigenvalue weighted by molar-refractivity contribution is -0.128. The Kier molecular flexibility index (Phi) is 5.70. The average molecular weight is 320 g/mol. The van der Waals surface area contributed by atoms with Gasteiger partial charge in [0, 0.05) is 32.3 Å². The van der Waals surface area contributed by atoms with Crippen LogP contribution in [0.2, 0.25) is 0 Å². The number of hydrogen-bond acceptors (Lipinski definition) is 5. The summed E-state index contributed by atoms with van der Waals surface area (Å²) in [6.45, 7) is 1.34. The van der Waals surface area contributed by atoms with E-state index in [1.807, 2.05) is 0 Å². The fourth-order valence-electron chi connectivity index (χ4n) is 2.42. The van der Waals surface area contributed by atoms with E-state index in [2.05, 4.69) is 10.1 Å². The summed E-state index contributed by atoms with van der Waals surface area (Å²) in [5.41, 5.74) is 0.984. The first-order chi connectivity index (χ1) is 11.0. The first kappa shape index (κ1) is 17.0. The minimum atomic E-state index is -0.432. The molecule has 0 aliphatic carbocycles. The molecule has 7 nitrogen and oxygen atoms in total. The highest BCUT2D eigenvalue weighted by Gasteiger charge is 2.33. The van der Waals surface area contributed by atoms with Gasteiger partial charge in [-0.1, -0.05) is 0 Å². The molecule has 7 heteroatoms. The third-order valence-corrected chi connectivity index (χ3v) is 3.72. The first-order valence-corrected chi connectivity index (χ1v) is 7.31. The van der Waals surface area contributed by atoms with E-state index in [4.69, 9.17) is 4.74 Å². The van der Waals surface area contributed by atoms with Crippen LogP contribution >= 0.6 is 0 Å². The van der Waals surface area contributed by atoms with Crippen molar-refractivity contribution in [3.05, 3.63) is 29.8 Å². The predicted octanol–water partition coefficient (Wildman–Crippen LogP) is 0.907. The summed E-state index contributed by atoms with van der Waals surface area (Å²) in [6, 6.07) is 6.41.